The summed E-state index contributed by atoms with van der Waals surface area (Å²) in [6.45, 7) is 2.09. The SMILES string of the molecule is CCSCc1noc([C@H](N)Cc2ccc(O)cc2)n1. The third kappa shape index (κ3) is 3.97. The van der Waals surface area contributed by atoms with Crippen molar-refractivity contribution in [3.8, 4) is 5.75 Å². The fraction of sp³-hybridized carbons (Fsp3) is 0.385. The average Bonchev–Trinajstić information content (AvgIpc) is 2.88. The third-order valence-electron chi connectivity index (χ3n) is 2.63. The van der Waals surface area contributed by atoms with Gasteiger partial charge in [-0.05, 0) is 29.9 Å². The van der Waals surface area contributed by atoms with Crippen molar-refractivity contribution in [1.29, 1.82) is 0 Å². The van der Waals surface area contributed by atoms with Gasteiger partial charge in [0.15, 0.2) is 5.82 Å². The highest BCUT2D eigenvalue weighted by Gasteiger charge is 2.15. The molecule has 0 aliphatic carbocycles. The van der Waals surface area contributed by atoms with Gasteiger partial charge in [-0.3, -0.25) is 0 Å². The maximum Gasteiger partial charge on any atom is 0.243 e. The molecule has 6 heteroatoms. The molecule has 1 aromatic heterocycles. The van der Waals surface area contributed by atoms with Crippen LogP contribution in [-0.4, -0.2) is 21.0 Å². The predicted octanol–water partition coefficient (Wildman–Crippen LogP) is 2.27. The first-order valence-electron chi connectivity index (χ1n) is 6.12. The summed E-state index contributed by atoms with van der Waals surface area (Å²) < 4.78 is 5.17. The lowest BCUT2D eigenvalue weighted by molar-refractivity contribution is 0.351. The van der Waals surface area contributed by atoms with Gasteiger partial charge in [-0.2, -0.15) is 16.7 Å². The van der Waals surface area contributed by atoms with Crippen LogP contribution in [0.1, 0.15) is 30.2 Å². The first-order chi connectivity index (χ1) is 9.19. The van der Waals surface area contributed by atoms with Gasteiger partial charge in [0.1, 0.15) is 5.75 Å². The molecule has 0 spiro atoms. The monoisotopic (exact) mass is 279 g/mol. The summed E-state index contributed by atoms with van der Waals surface area (Å²) in [7, 11) is 0. The fourth-order valence-corrected chi connectivity index (χ4v) is 2.15. The highest BCUT2D eigenvalue weighted by atomic mass is 32.2. The number of aromatic hydroxyl groups is 1. The number of thioether (sulfide) groups is 1. The Bertz CT molecular complexity index is 513. The minimum atomic E-state index is -0.322. The summed E-state index contributed by atoms with van der Waals surface area (Å²) in [5, 5.41) is 13.1. The first-order valence-corrected chi connectivity index (χ1v) is 7.28. The van der Waals surface area contributed by atoms with E-state index in [2.05, 4.69) is 17.1 Å². The molecule has 1 aromatic carbocycles. The lowest BCUT2D eigenvalue weighted by Gasteiger charge is -2.06. The highest BCUT2D eigenvalue weighted by molar-refractivity contribution is 7.98. The van der Waals surface area contributed by atoms with E-state index in [0.717, 1.165) is 17.1 Å². The van der Waals surface area contributed by atoms with Crippen molar-refractivity contribution < 1.29 is 9.63 Å². The van der Waals surface area contributed by atoms with Crippen LogP contribution in [0.5, 0.6) is 5.75 Å². The second-order valence-electron chi connectivity index (χ2n) is 4.16. The summed E-state index contributed by atoms with van der Waals surface area (Å²) in [6.07, 6.45) is 0.600. The molecule has 0 amide bonds. The van der Waals surface area contributed by atoms with E-state index in [1.807, 2.05) is 12.1 Å². The van der Waals surface area contributed by atoms with Crippen LogP contribution in [0, 0.1) is 0 Å². The van der Waals surface area contributed by atoms with Crippen LogP contribution < -0.4 is 5.73 Å². The summed E-state index contributed by atoms with van der Waals surface area (Å²) in [5.74, 6) is 3.15. The molecule has 0 saturated heterocycles. The number of nitrogens with zero attached hydrogens (tertiary/aromatic N) is 2. The van der Waals surface area contributed by atoms with Gasteiger partial charge in [-0.25, -0.2) is 0 Å². The number of rotatable bonds is 6. The van der Waals surface area contributed by atoms with Crippen LogP contribution in [0.15, 0.2) is 28.8 Å². The Morgan fingerprint density at radius 2 is 2.11 bits per heavy atom. The number of benzene rings is 1. The van der Waals surface area contributed by atoms with Gasteiger partial charge in [-0.1, -0.05) is 24.2 Å². The highest BCUT2D eigenvalue weighted by Crippen LogP contribution is 2.18. The molecule has 5 nitrogen and oxygen atoms in total. The van der Waals surface area contributed by atoms with Crippen molar-refractivity contribution in [2.45, 2.75) is 25.1 Å². The van der Waals surface area contributed by atoms with E-state index in [4.69, 9.17) is 10.3 Å². The Morgan fingerprint density at radius 1 is 1.37 bits per heavy atom. The summed E-state index contributed by atoms with van der Waals surface area (Å²) in [4.78, 5) is 4.29. The fourth-order valence-electron chi connectivity index (χ4n) is 1.64. The molecule has 0 aliphatic heterocycles. The van der Waals surface area contributed by atoms with E-state index in [1.54, 1.807) is 23.9 Å². The summed E-state index contributed by atoms with van der Waals surface area (Å²) in [5.41, 5.74) is 7.06. The number of hydrogen-bond acceptors (Lipinski definition) is 6. The molecule has 0 saturated carbocycles. The number of aromatic nitrogens is 2. The molecule has 0 radical (unpaired) electrons. The van der Waals surface area contributed by atoms with E-state index < -0.39 is 0 Å². The van der Waals surface area contributed by atoms with Gasteiger partial charge in [0, 0.05) is 0 Å². The molecule has 1 heterocycles. The standard InChI is InChI=1S/C13H17N3O2S/c1-2-19-8-12-15-13(18-16-12)11(14)7-9-3-5-10(17)6-4-9/h3-6,11,17H,2,7-8,14H2,1H3/t11-/m1/s1. The van der Waals surface area contributed by atoms with Gasteiger partial charge in [-0.15, -0.1) is 0 Å². The van der Waals surface area contributed by atoms with Crippen LogP contribution >= 0.6 is 11.8 Å². The van der Waals surface area contributed by atoms with Gasteiger partial charge in [0.2, 0.25) is 5.89 Å². The van der Waals surface area contributed by atoms with Crippen molar-refractivity contribution in [1.82, 2.24) is 10.1 Å². The molecular weight excluding hydrogens is 262 g/mol. The van der Waals surface area contributed by atoms with Gasteiger partial charge in [0.25, 0.3) is 0 Å². The zero-order valence-corrected chi connectivity index (χ0v) is 11.6. The molecule has 3 N–H and O–H groups in total. The lowest BCUT2D eigenvalue weighted by atomic mass is 10.1. The van der Waals surface area contributed by atoms with Gasteiger partial charge >= 0.3 is 0 Å². The van der Waals surface area contributed by atoms with E-state index in [9.17, 15) is 5.11 Å². The maximum absolute atomic E-state index is 9.22. The van der Waals surface area contributed by atoms with Crippen molar-refractivity contribution >= 4 is 11.8 Å². The predicted molar refractivity (Wildman–Crippen MR) is 74.9 cm³/mol. The van der Waals surface area contributed by atoms with Gasteiger partial charge < -0.3 is 15.4 Å². The number of nitrogens with two attached hydrogens (primary N) is 1. The third-order valence-corrected chi connectivity index (χ3v) is 3.50. The van der Waals surface area contributed by atoms with E-state index >= 15 is 0 Å². The minimum Gasteiger partial charge on any atom is -0.508 e. The lowest BCUT2D eigenvalue weighted by Crippen LogP contribution is -2.13. The second-order valence-corrected chi connectivity index (χ2v) is 5.44. The zero-order chi connectivity index (χ0) is 13.7. The zero-order valence-electron chi connectivity index (χ0n) is 10.7. The molecular formula is C13H17N3O2S. The smallest absolute Gasteiger partial charge is 0.243 e. The van der Waals surface area contributed by atoms with Crippen LogP contribution in [0.2, 0.25) is 0 Å². The average molecular weight is 279 g/mol. The normalized spacial score (nSPS) is 12.5. The summed E-state index contributed by atoms with van der Waals surface area (Å²) >= 11 is 1.74. The van der Waals surface area contributed by atoms with E-state index in [1.165, 1.54) is 0 Å². The number of hydrogen-bond donors (Lipinski definition) is 2. The second kappa shape index (κ2) is 6.58. The minimum absolute atomic E-state index is 0.244. The number of phenols is 1. The summed E-state index contributed by atoms with van der Waals surface area (Å²) in [6, 6.07) is 6.62. The van der Waals surface area contributed by atoms with Crippen molar-refractivity contribution in [3.05, 3.63) is 41.5 Å². The largest absolute Gasteiger partial charge is 0.508 e. The Hall–Kier alpha value is -1.53. The van der Waals surface area contributed by atoms with Gasteiger partial charge in [0.05, 0.1) is 11.8 Å². The maximum atomic E-state index is 9.22. The quantitative estimate of drug-likeness (QED) is 0.843. The van der Waals surface area contributed by atoms with Crippen LogP contribution in [-0.2, 0) is 12.2 Å². The van der Waals surface area contributed by atoms with Crippen LogP contribution in [0.4, 0.5) is 0 Å². The molecule has 1 atom stereocenters. The Kier molecular flexibility index (Phi) is 4.81. The van der Waals surface area contributed by atoms with Crippen molar-refractivity contribution in [3.63, 3.8) is 0 Å². The molecule has 0 unspecified atom stereocenters. The van der Waals surface area contributed by atoms with Crippen molar-refractivity contribution in [2.24, 2.45) is 5.73 Å². The van der Waals surface area contributed by atoms with Crippen LogP contribution in [0.25, 0.3) is 0 Å². The molecule has 0 fully saturated rings. The first kappa shape index (κ1) is 13.9. The molecule has 0 bridgehead atoms. The molecule has 0 aliphatic rings. The number of phenolic OH excluding ortho intramolecular Hbond substituents is 1. The Morgan fingerprint density at radius 3 is 2.79 bits per heavy atom. The van der Waals surface area contributed by atoms with Crippen molar-refractivity contribution in [2.75, 3.05) is 5.75 Å². The van der Waals surface area contributed by atoms with E-state index in [-0.39, 0.29) is 11.8 Å². The Labute approximate surface area is 116 Å². The molecule has 2 aromatic rings. The molecule has 102 valence electrons. The van der Waals surface area contributed by atoms with Crippen LogP contribution in [0.3, 0.4) is 0 Å². The molecule has 19 heavy (non-hydrogen) atoms. The molecule has 2 rings (SSSR count). The Balaban J connectivity index is 1.97. The van der Waals surface area contributed by atoms with E-state index in [0.29, 0.717) is 18.1 Å². The topological polar surface area (TPSA) is 85.2 Å².